The van der Waals surface area contributed by atoms with E-state index in [4.69, 9.17) is 10.6 Å². The minimum atomic E-state index is 0.760. The lowest BCUT2D eigenvalue weighted by Crippen LogP contribution is -2.16. The number of nitrogens with zero attached hydrogens (tertiary/aromatic N) is 2. The first-order chi connectivity index (χ1) is 8.25. The topological polar surface area (TPSA) is 51.4 Å². The summed E-state index contributed by atoms with van der Waals surface area (Å²) in [6, 6.07) is 5.99. The summed E-state index contributed by atoms with van der Waals surface area (Å²) in [5, 5.41) is 4.05. The summed E-state index contributed by atoms with van der Waals surface area (Å²) in [6.07, 6.45) is 2.90. The molecule has 1 aliphatic heterocycles. The van der Waals surface area contributed by atoms with Gasteiger partial charge in [-0.2, -0.15) is 0 Å². The van der Waals surface area contributed by atoms with E-state index >= 15 is 0 Å². The third-order valence-electron chi connectivity index (χ3n) is 3.07. The van der Waals surface area contributed by atoms with E-state index in [9.17, 15) is 0 Å². The first-order valence-corrected chi connectivity index (χ1v) is 5.81. The predicted octanol–water partition coefficient (Wildman–Crippen LogP) is 2.27. The minimum Gasteiger partial charge on any atom is -0.398 e. The van der Waals surface area contributed by atoms with E-state index < -0.39 is 0 Å². The number of aromatic nitrogens is 1. The molecular weight excluding hydrogens is 214 g/mol. The van der Waals surface area contributed by atoms with Crippen LogP contribution in [0.3, 0.4) is 0 Å². The molecule has 0 bridgehead atoms. The van der Waals surface area contributed by atoms with Gasteiger partial charge in [0.05, 0.1) is 12.3 Å². The van der Waals surface area contributed by atoms with Crippen LogP contribution in [0.4, 0.5) is 11.4 Å². The molecule has 1 aliphatic rings. The number of hydrogen-bond acceptors (Lipinski definition) is 4. The van der Waals surface area contributed by atoms with Gasteiger partial charge in [0.25, 0.3) is 0 Å². The summed E-state index contributed by atoms with van der Waals surface area (Å²) in [6.45, 7) is 3.70. The maximum atomic E-state index is 5.97. The highest BCUT2D eigenvalue weighted by Crippen LogP contribution is 2.32. The van der Waals surface area contributed by atoms with Gasteiger partial charge < -0.3 is 5.73 Å². The van der Waals surface area contributed by atoms with Crippen molar-refractivity contribution in [1.82, 2.24) is 4.98 Å². The SMILES string of the molecule is Cc1cc2c(N3CCCO3)ccc(N)c2cn1. The lowest BCUT2D eigenvalue weighted by Gasteiger charge is -2.19. The van der Waals surface area contributed by atoms with Gasteiger partial charge >= 0.3 is 0 Å². The Morgan fingerprint density at radius 2 is 2.24 bits per heavy atom. The Hall–Kier alpha value is -1.81. The van der Waals surface area contributed by atoms with Crippen molar-refractivity contribution in [2.45, 2.75) is 13.3 Å². The number of pyridine rings is 1. The van der Waals surface area contributed by atoms with Crippen LogP contribution >= 0.6 is 0 Å². The van der Waals surface area contributed by atoms with E-state index in [-0.39, 0.29) is 0 Å². The highest BCUT2D eigenvalue weighted by Gasteiger charge is 2.16. The zero-order valence-corrected chi connectivity index (χ0v) is 9.81. The largest absolute Gasteiger partial charge is 0.398 e. The molecule has 0 spiro atoms. The number of hydroxylamine groups is 1. The van der Waals surface area contributed by atoms with Gasteiger partial charge in [-0.15, -0.1) is 0 Å². The Kier molecular flexibility index (Phi) is 2.37. The third-order valence-corrected chi connectivity index (χ3v) is 3.07. The average Bonchev–Trinajstić information content (AvgIpc) is 2.83. The minimum absolute atomic E-state index is 0.760. The Morgan fingerprint density at radius 1 is 1.35 bits per heavy atom. The van der Waals surface area contributed by atoms with Crippen molar-refractivity contribution in [3.8, 4) is 0 Å². The molecular formula is C13H15N3O. The lowest BCUT2D eigenvalue weighted by molar-refractivity contribution is 0.169. The number of benzene rings is 1. The van der Waals surface area contributed by atoms with E-state index in [2.05, 4.69) is 11.1 Å². The number of hydrogen-bond donors (Lipinski definition) is 1. The summed E-state index contributed by atoms with van der Waals surface area (Å²) in [5.74, 6) is 0. The standard InChI is InChI=1S/C13H15N3O/c1-9-7-10-11(8-15-9)12(14)3-4-13(10)16-5-2-6-17-16/h3-4,7-8H,2,5-6,14H2,1H3. The molecule has 17 heavy (non-hydrogen) atoms. The average molecular weight is 229 g/mol. The van der Waals surface area contributed by atoms with Crippen molar-refractivity contribution in [2.75, 3.05) is 23.9 Å². The number of rotatable bonds is 1. The second kappa shape index (κ2) is 3.89. The Bertz CT molecular complexity index is 562. The van der Waals surface area contributed by atoms with Crippen LogP contribution in [0.2, 0.25) is 0 Å². The van der Waals surface area contributed by atoms with Crippen molar-refractivity contribution in [1.29, 1.82) is 0 Å². The highest BCUT2D eigenvalue weighted by molar-refractivity contribution is 6.00. The van der Waals surface area contributed by atoms with Gasteiger partial charge in [-0.25, -0.2) is 0 Å². The van der Waals surface area contributed by atoms with Crippen LogP contribution in [0.25, 0.3) is 10.8 Å². The molecule has 2 heterocycles. The molecule has 0 radical (unpaired) electrons. The van der Waals surface area contributed by atoms with Crippen LogP contribution in [0.5, 0.6) is 0 Å². The number of aryl methyl sites for hydroxylation is 1. The molecule has 1 saturated heterocycles. The van der Waals surface area contributed by atoms with E-state index in [0.29, 0.717) is 0 Å². The van der Waals surface area contributed by atoms with Gasteiger partial charge in [0.15, 0.2) is 0 Å². The van der Waals surface area contributed by atoms with Crippen LogP contribution in [-0.4, -0.2) is 18.1 Å². The summed E-state index contributed by atoms with van der Waals surface area (Å²) in [7, 11) is 0. The molecule has 1 fully saturated rings. The van der Waals surface area contributed by atoms with Gasteiger partial charge in [0.1, 0.15) is 0 Å². The number of anilines is 2. The van der Waals surface area contributed by atoms with Crippen LogP contribution in [-0.2, 0) is 4.84 Å². The van der Waals surface area contributed by atoms with Crippen LogP contribution in [0, 0.1) is 6.92 Å². The molecule has 4 nitrogen and oxygen atoms in total. The van der Waals surface area contributed by atoms with Crippen molar-refractivity contribution in [3.05, 3.63) is 30.1 Å². The van der Waals surface area contributed by atoms with Crippen LogP contribution < -0.4 is 10.8 Å². The summed E-state index contributed by atoms with van der Waals surface area (Å²) >= 11 is 0. The van der Waals surface area contributed by atoms with Gasteiger partial charge in [0, 0.05) is 34.9 Å². The first kappa shape index (κ1) is 10.4. The van der Waals surface area contributed by atoms with Gasteiger partial charge in [0.2, 0.25) is 0 Å². The zero-order chi connectivity index (χ0) is 11.8. The van der Waals surface area contributed by atoms with Gasteiger partial charge in [-0.1, -0.05) is 0 Å². The fourth-order valence-corrected chi connectivity index (χ4v) is 2.20. The second-order valence-electron chi connectivity index (χ2n) is 4.33. The fraction of sp³-hybridized carbons (Fsp3) is 0.308. The normalized spacial score (nSPS) is 15.7. The van der Waals surface area contributed by atoms with Crippen molar-refractivity contribution in [3.63, 3.8) is 0 Å². The summed E-state index contributed by atoms with van der Waals surface area (Å²) in [5.41, 5.74) is 8.80. The molecule has 88 valence electrons. The van der Waals surface area contributed by atoms with Crippen LogP contribution in [0.15, 0.2) is 24.4 Å². The predicted molar refractivity (Wildman–Crippen MR) is 68.8 cm³/mol. The molecule has 1 aromatic heterocycles. The van der Waals surface area contributed by atoms with Gasteiger partial charge in [-0.3, -0.25) is 14.9 Å². The first-order valence-electron chi connectivity index (χ1n) is 5.81. The Labute approximate surface area is 100.0 Å². The van der Waals surface area contributed by atoms with Crippen molar-refractivity contribution >= 4 is 22.1 Å². The lowest BCUT2D eigenvalue weighted by atomic mass is 10.1. The second-order valence-corrected chi connectivity index (χ2v) is 4.33. The molecule has 0 unspecified atom stereocenters. The molecule has 0 amide bonds. The maximum absolute atomic E-state index is 5.97. The van der Waals surface area contributed by atoms with E-state index in [1.807, 2.05) is 30.3 Å². The van der Waals surface area contributed by atoms with Crippen molar-refractivity contribution < 1.29 is 4.84 Å². The van der Waals surface area contributed by atoms with E-state index in [1.54, 1.807) is 0 Å². The maximum Gasteiger partial charge on any atom is 0.0766 e. The Balaban J connectivity index is 2.23. The summed E-state index contributed by atoms with van der Waals surface area (Å²) < 4.78 is 0. The molecule has 2 N–H and O–H groups in total. The van der Waals surface area contributed by atoms with Gasteiger partial charge in [-0.05, 0) is 31.5 Å². The fourth-order valence-electron chi connectivity index (χ4n) is 2.20. The highest BCUT2D eigenvalue weighted by atomic mass is 16.7. The smallest absolute Gasteiger partial charge is 0.0766 e. The third kappa shape index (κ3) is 1.70. The van der Waals surface area contributed by atoms with Crippen LogP contribution in [0.1, 0.15) is 12.1 Å². The van der Waals surface area contributed by atoms with E-state index in [1.165, 1.54) is 0 Å². The summed E-state index contributed by atoms with van der Waals surface area (Å²) in [4.78, 5) is 9.90. The zero-order valence-electron chi connectivity index (χ0n) is 9.81. The van der Waals surface area contributed by atoms with E-state index in [0.717, 1.165) is 47.4 Å². The number of nitrogens with two attached hydrogens (primary N) is 1. The molecule has 0 aliphatic carbocycles. The Morgan fingerprint density at radius 3 is 3.00 bits per heavy atom. The molecule has 0 atom stereocenters. The molecule has 2 aromatic rings. The van der Waals surface area contributed by atoms with Crippen molar-refractivity contribution in [2.24, 2.45) is 0 Å². The number of fused-ring (bicyclic) bond motifs is 1. The quantitative estimate of drug-likeness (QED) is 0.762. The molecule has 4 heteroatoms. The number of nitrogen functional groups attached to an aromatic ring is 1. The molecule has 1 aromatic carbocycles. The monoisotopic (exact) mass is 229 g/mol. The molecule has 3 rings (SSSR count). The molecule has 0 saturated carbocycles.